The molecule has 0 aliphatic carbocycles. The van der Waals surface area contributed by atoms with Crippen molar-refractivity contribution in [2.75, 3.05) is 32.6 Å². The molecule has 0 saturated carbocycles. The van der Waals surface area contributed by atoms with Crippen LogP contribution in [0.25, 0.3) is 0 Å². The van der Waals surface area contributed by atoms with E-state index in [-0.39, 0.29) is 18.0 Å². The second kappa shape index (κ2) is 6.87. The Bertz CT molecular complexity index is 623. The Kier molecular flexibility index (Phi) is 5.10. The normalized spacial score (nSPS) is 20.6. The number of carbonyl (C=O) groups is 2. The number of anilines is 1. The van der Waals surface area contributed by atoms with Crippen LogP contribution in [-0.4, -0.2) is 54.6 Å². The number of methoxy groups -OCH3 is 1. The molecule has 1 fully saturated rings. The molecule has 2 rings (SSSR count). The van der Waals surface area contributed by atoms with Gasteiger partial charge < -0.3 is 25.3 Å². The van der Waals surface area contributed by atoms with Gasteiger partial charge in [-0.2, -0.15) is 0 Å². The number of primary amides is 1. The van der Waals surface area contributed by atoms with E-state index < -0.39 is 5.91 Å². The zero-order chi connectivity index (χ0) is 17.1. The van der Waals surface area contributed by atoms with Gasteiger partial charge in [0, 0.05) is 26.9 Å². The molecule has 0 unspecified atom stereocenters. The Morgan fingerprint density at radius 1 is 1.57 bits per heavy atom. The number of likely N-dealkylation sites (tertiary alicyclic amines) is 1. The van der Waals surface area contributed by atoms with Crippen molar-refractivity contribution in [1.82, 2.24) is 9.47 Å². The van der Waals surface area contributed by atoms with Gasteiger partial charge in [-0.1, -0.05) is 6.58 Å². The molecule has 3 N–H and O–H groups in total. The largest absolute Gasteiger partial charge is 0.383 e. The molecule has 0 bridgehead atoms. The van der Waals surface area contributed by atoms with Crippen molar-refractivity contribution in [3.05, 3.63) is 30.0 Å². The van der Waals surface area contributed by atoms with Crippen molar-refractivity contribution < 1.29 is 14.3 Å². The van der Waals surface area contributed by atoms with E-state index in [0.717, 1.165) is 12.0 Å². The summed E-state index contributed by atoms with van der Waals surface area (Å²) in [6.07, 6.45) is 3.97. The van der Waals surface area contributed by atoms with Crippen LogP contribution in [0.5, 0.6) is 0 Å². The highest BCUT2D eigenvalue weighted by Crippen LogP contribution is 2.33. The van der Waals surface area contributed by atoms with Gasteiger partial charge in [-0.25, -0.2) is 0 Å². The van der Waals surface area contributed by atoms with Gasteiger partial charge in [-0.3, -0.25) is 9.59 Å². The zero-order valence-corrected chi connectivity index (χ0v) is 13.8. The van der Waals surface area contributed by atoms with Gasteiger partial charge in [0.05, 0.1) is 24.3 Å². The van der Waals surface area contributed by atoms with Crippen LogP contribution in [0.15, 0.2) is 18.9 Å². The van der Waals surface area contributed by atoms with Gasteiger partial charge in [0.25, 0.3) is 5.91 Å². The highest BCUT2D eigenvalue weighted by atomic mass is 16.5. The average molecular weight is 320 g/mol. The van der Waals surface area contributed by atoms with E-state index in [0.29, 0.717) is 24.5 Å². The molecule has 7 nitrogen and oxygen atoms in total. The lowest BCUT2D eigenvalue weighted by molar-refractivity contribution is -0.127. The first-order chi connectivity index (χ1) is 10.9. The van der Waals surface area contributed by atoms with Crippen LogP contribution >= 0.6 is 0 Å². The van der Waals surface area contributed by atoms with E-state index in [9.17, 15) is 9.59 Å². The summed E-state index contributed by atoms with van der Waals surface area (Å²) in [6.45, 7) is 6.42. The van der Waals surface area contributed by atoms with Crippen LogP contribution in [-0.2, 0) is 9.53 Å². The third kappa shape index (κ3) is 3.10. The fourth-order valence-corrected chi connectivity index (χ4v) is 3.34. The molecule has 1 aromatic rings. The second-order valence-electron chi connectivity index (χ2n) is 5.75. The van der Waals surface area contributed by atoms with Gasteiger partial charge in [0.1, 0.15) is 5.82 Å². The van der Waals surface area contributed by atoms with Gasteiger partial charge in [0.15, 0.2) is 0 Å². The lowest BCUT2D eigenvalue weighted by Gasteiger charge is -2.22. The number of ether oxygens (including phenoxy) is 1. The summed E-state index contributed by atoms with van der Waals surface area (Å²) in [7, 11) is 3.37. The van der Waals surface area contributed by atoms with Crippen LogP contribution < -0.4 is 11.1 Å². The number of carbonyl (C=O) groups excluding carboxylic acids is 2. The van der Waals surface area contributed by atoms with Crippen LogP contribution in [0.2, 0.25) is 0 Å². The predicted molar refractivity (Wildman–Crippen MR) is 88.5 cm³/mol. The first kappa shape index (κ1) is 17.1. The molecular formula is C16H24N4O3. The molecule has 23 heavy (non-hydrogen) atoms. The molecule has 126 valence electrons. The molecule has 2 heterocycles. The molecule has 2 atom stereocenters. The molecule has 1 aliphatic heterocycles. The summed E-state index contributed by atoms with van der Waals surface area (Å²) in [6, 6.07) is 0.0354. The quantitative estimate of drug-likeness (QED) is 0.763. The van der Waals surface area contributed by atoms with Crippen molar-refractivity contribution in [1.29, 1.82) is 0 Å². The zero-order valence-electron chi connectivity index (χ0n) is 13.8. The Morgan fingerprint density at radius 3 is 2.78 bits per heavy atom. The Labute approximate surface area is 136 Å². The van der Waals surface area contributed by atoms with E-state index in [1.807, 2.05) is 17.7 Å². The number of hydrogen-bond acceptors (Lipinski definition) is 4. The Balaban J connectivity index is 2.36. The van der Waals surface area contributed by atoms with E-state index in [2.05, 4.69) is 11.9 Å². The number of amides is 2. The van der Waals surface area contributed by atoms with Crippen LogP contribution in [0.3, 0.4) is 0 Å². The maximum atomic E-state index is 12.1. The molecule has 0 radical (unpaired) electrons. The van der Waals surface area contributed by atoms with Crippen molar-refractivity contribution in [2.24, 2.45) is 5.73 Å². The minimum absolute atomic E-state index is 0.0139. The third-order valence-electron chi connectivity index (χ3n) is 4.31. The summed E-state index contributed by atoms with van der Waals surface area (Å²) in [4.78, 5) is 25.5. The minimum atomic E-state index is -0.462. The molecule has 1 aliphatic rings. The standard InChI is InChI=1S/C16H24N4O3/c1-5-13(21)19-8-11(6-12(19)9-23-4)20-7-10(2)14(15(17)22)16(20)18-3/h5,7,11-12,18H,1,6,8-9H2,2-4H3,(H2,17,22)/t11-,12+/m0/s1. The van der Waals surface area contributed by atoms with Crippen LogP contribution in [0.4, 0.5) is 5.82 Å². The Morgan fingerprint density at radius 2 is 2.26 bits per heavy atom. The predicted octanol–water partition coefficient (Wildman–Crippen LogP) is 0.912. The molecular weight excluding hydrogens is 296 g/mol. The maximum Gasteiger partial charge on any atom is 0.252 e. The first-order valence-electron chi connectivity index (χ1n) is 7.55. The molecule has 1 aromatic heterocycles. The van der Waals surface area contributed by atoms with Crippen molar-refractivity contribution >= 4 is 17.6 Å². The van der Waals surface area contributed by atoms with Gasteiger partial charge >= 0.3 is 0 Å². The number of nitrogens with zero attached hydrogens (tertiary/aromatic N) is 2. The number of aromatic nitrogens is 1. The van der Waals surface area contributed by atoms with Gasteiger partial charge in [-0.15, -0.1) is 0 Å². The van der Waals surface area contributed by atoms with E-state index in [4.69, 9.17) is 10.5 Å². The molecule has 2 amide bonds. The van der Waals surface area contributed by atoms with Crippen molar-refractivity contribution in [3.8, 4) is 0 Å². The summed E-state index contributed by atoms with van der Waals surface area (Å²) in [5.74, 6) is 0.111. The number of aryl methyl sites for hydroxylation is 1. The summed E-state index contributed by atoms with van der Waals surface area (Å²) in [5.41, 5.74) is 6.79. The van der Waals surface area contributed by atoms with E-state index in [1.165, 1.54) is 6.08 Å². The lowest BCUT2D eigenvalue weighted by atomic mass is 10.1. The third-order valence-corrected chi connectivity index (χ3v) is 4.31. The monoisotopic (exact) mass is 320 g/mol. The smallest absolute Gasteiger partial charge is 0.252 e. The van der Waals surface area contributed by atoms with Gasteiger partial charge in [-0.05, 0) is 25.0 Å². The number of nitrogens with two attached hydrogens (primary N) is 1. The first-order valence-corrected chi connectivity index (χ1v) is 7.55. The number of nitrogens with one attached hydrogen (secondary N) is 1. The lowest BCUT2D eigenvalue weighted by Crippen LogP contribution is -2.37. The summed E-state index contributed by atoms with van der Waals surface area (Å²) in [5, 5.41) is 3.06. The Hall–Kier alpha value is -2.28. The van der Waals surface area contributed by atoms with E-state index in [1.54, 1.807) is 19.1 Å². The second-order valence-corrected chi connectivity index (χ2v) is 5.75. The fraction of sp³-hybridized carbons (Fsp3) is 0.500. The van der Waals surface area contributed by atoms with Crippen LogP contribution in [0.1, 0.15) is 28.4 Å². The summed E-state index contributed by atoms with van der Waals surface area (Å²) >= 11 is 0. The number of rotatable bonds is 6. The average Bonchev–Trinajstić information content (AvgIpc) is 3.07. The topological polar surface area (TPSA) is 89.6 Å². The fourth-order valence-electron chi connectivity index (χ4n) is 3.34. The number of hydrogen-bond donors (Lipinski definition) is 2. The highest BCUT2D eigenvalue weighted by molar-refractivity contribution is 5.99. The van der Waals surface area contributed by atoms with E-state index >= 15 is 0 Å². The molecule has 1 saturated heterocycles. The molecule has 0 aromatic carbocycles. The van der Waals surface area contributed by atoms with Crippen molar-refractivity contribution in [3.63, 3.8) is 0 Å². The van der Waals surface area contributed by atoms with Crippen molar-refractivity contribution in [2.45, 2.75) is 25.4 Å². The molecule has 0 spiro atoms. The minimum Gasteiger partial charge on any atom is -0.383 e. The maximum absolute atomic E-state index is 12.1. The van der Waals surface area contributed by atoms with Crippen LogP contribution in [0, 0.1) is 6.92 Å². The molecule has 7 heteroatoms. The SMILES string of the molecule is C=CC(=O)N1C[C@@H](n2cc(C)c(C(N)=O)c2NC)C[C@@H]1COC. The summed E-state index contributed by atoms with van der Waals surface area (Å²) < 4.78 is 7.23. The highest BCUT2D eigenvalue weighted by Gasteiger charge is 2.36. The van der Waals surface area contributed by atoms with Gasteiger partial charge in [0.2, 0.25) is 5.91 Å².